The van der Waals surface area contributed by atoms with Gasteiger partial charge in [0.05, 0.1) is 5.56 Å². The number of hydrogen-bond donors (Lipinski definition) is 2. The van der Waals surface area contributed by atoms with Crippen LogP contribution in [0.2, 0.25) is 0 Å². The first-order valence-corrected chi connectivity index (χ1v) is 6.99. The molecular weight excluding hydrogens is 273 g/mol. The second-order valence-electron chi connectivity index (χ2n) is 5.36. The molecule has 0 aliphatic heterocycles. The molecule has 1 aromatic rings. The first-order chi connectivity index (χ1) is 9.97. The molecule has 0 spiro atoms. The van der Waals surface area contributed by atoms with E-state index < -0.39 is 17.7 Å². The van der Waals surface area contributed by atoms with Gasteiger partial charge in [-0.25, -0.2) is 9.18 Å². The minimum Gasteiger partial charge on any atom is -0.478 e. The predicted octanol–water partition coefficient (Wildman–Crippen LogP) is 2.84. The molecule has 0 heterocycles. The van der Waals surface area contributed by atoms with Crippen LogP contribution >= 0.6 is 0 Å². The molecule has 112 valence electrons. The number of halogens is 1. The number of nitrogens with one attached hydrogen (secondary N) is 1. The number of carboxylic acids is 1. The second-order valence-corrected chi connectivity index (χ2v) is 5.36. The van der Waals surface area contributed by atoms with Crippen molar-refractivity contribution in [3.05, 3.63) is 41.2 Å². The Morgan fingerprint density at radius 3 is 2.71 bits per heavy atom. The second kappa shape index (κ2) is 6.52. The van der Waals surface area contributed by atoms with Crippen molar-refractivity contribution in [1.29, 1.82) is 0 Å². The molecular formula is C16H18FNO3. The number of carbonyl (C=O) groups excluding carboxylic acids is 1. The number of carboxylic acid groups (broad SMARTS) is 1. The average Bonchev–Trinajstić information content (AvgIpc) is 2.35. The summed E-state index contributed by atoms with van der Waals surface area (Å²) in [6.45, 7) is 1.92. The molecule has 0 aromatic heterocycles. The third kappa shape index (κ3) is 3.90. The number of benzene rings is 1. The molecule has 1 amide bonds. The molecule has 0 bridgehead atoms. The number of aliphatic carboxylic acids is 1. The summed E-state index contributed by atoms with van der Waals surface area (Å²) < 4.78 is 13.8. The molecule has 1 aliphatic rings. The third-order valence-electron chi connectivity index (χ3n) is 3.87. The number of carbonyl (C=O) groups is 2. The molecule has 2 N–H and O–H groups in total. The van der Waals surface area contributed by atoms with Crippen LogP contribution in [0.3, 0.4) is 0 Å². The highest BCUT2D eigenvalue weighted by atomic mass is 19.1. The van der Waals surface area contributed by atoms with E-state index in [9.17, 15) is 14.0 Å². The van der Waals surface area contributed by atoms with Gasteiger partial charge < -0.3 is 10.4 Å². The van der Waals surface area contributed by atoms with E-state index in [1.807, 2.05) is 6.92 Å². The summed E-state index contributed by atoms with van der Waals surface area (Å²) in [5, 5.41) is 11.4. The van der Waals surface area contributed by atoms with E-state index in [-0.39, 0.29) is 11.6 Å². The van der Waals surface area contributed by atoms with Crippen molar-refractivity contribution in [3.63, 3.8) is 0 Å². The van der Waals surface area contributed by atoms with Crippen molar-refractivity contribution in [3.8, 4) is 0 Å². The Balaban J connectivity index is 2.11. The maximum absolute atomic E-state index is 13.8. The average molecular weight is 291 g/mol. The van der Waals surface area contributed by atoms with Crippen LogP contribution in [-0.4, -0.2) is 23.0 Å². The Hall–Kier alpha value is -2.17. The monoisotopic (exact) mass is 291 g/mol. The topological polar surface area (TPSA) is 66.4 Å². The van der Waals surface area contributed by atoms with Crippen molar-refractivity contribution in [2.75, 3.05) is 0 Å². The summed E-state index contributed by atoms with van der Waals surface area (Å²) in [6, 6.07) is 3.98. The molecule has 0 saturated heterocycles. The van der Waals surface area contributed by atoms with Gasteiger partial charge in [0.25, 0.3) is 5.91 Å². The molecule has 1 unspecified atom stereocenters. The fourth-order valence-corrected chi connectivity index (χ4v) is 2.33. The number of hydrogen-bond acceptors (Lipinski definition) is 2. The fourth-order valence-electron chi connectivity index (χ4n) is 2.33. The Morgan fingerprint density at radius 2 is 2.14 bits per heavy atom. The SMILES string of the molecule is CC(NC(=O)c1cc(/C=C/C(=O)O)ccc1F)C1CCC1. The summed E-state index contributed by atoms with van der Waals surface area (Å²) in [5.74, 6) is -1.70. The highest BCUT2D eigenvalue weighted by molar-refractivity contribution is 5.95. The summed E-state index contributed by atoms with van der Waals surface area (Å²) >= 11 is 0. The summed E-state index contributed by atoms with van der Waals surface area (Å²) in [5.41, 5.74) is 0.411. The summed E-state index contributed by atoms with van der Waals surface area (Å²) in [7, 11) is 0. The van der Waals surface area contributed by atoms with Crippen molar-refractivity contribution < 1.29 is 19.1 Å². The van der Waals surface area contributed by atoms with Crippen LogP contribution in [0.1, 0.15) is 42.1 Å². The van der Waals surface area contributed by atoms with Crippen molar-refractivity contribution in [1.82, 2.24) is 5.32 Å². The van der Waals surface area contributed by atoms with Crippen LogP contribution < -0.4 is 5.32 Å². The molecule has 0 radical (unpaired) electrons. The Kier molecular flexibility index (Phi) is 4.73. The smallest absolute Gasteiger partial charge is 0.328 e. The van der Waals surface area contributed by atoms with Gasteiger partial charge in [0.15, 0.2) is 0 Å². The molecule has 21 heavy (non-hydrogen) atoms. The van der Waals surface area contributed by atoms with Gasteiger partial charge in [0, 0.05) is 12.1 Å². The van der Waals surface area contributed by atoms with E-state index in [0.717, 1.165) is 18.9 Å². The summed E-state index contributed by atoms with van der Waals surface area (Å²) in [4.78, 5) is 22.6. The first kappa shape index (κ1) is 15.2. The van der Waals surface area contributed by atoms with E-state index in [1.54, 1.807) is 0 Å². The zero-order chi connectivity index (χ0) is 15.4. The van der Waals surface area contributed by atoms with Gasteiger partial charge in [-0.05, 0) is 49.5 Å². The molecule has 1 fully saturated rings. The van der Waals surface area contributed by atoms with Crippen LogP contribution in [0, 0.1) is 11.7 Å². The lowest BCUT2D eigenvalue weighted by Crippen LogP contribution is -2.41. The summed E-state index contributed by atoms with van der Waals surface area (Å²) in [6.07, 6.45) is 5.63. The largest absolute Gasteiger partial charge is 0.478 e. The molecule has 4 nitrogen and oxygen atoms in total. The van der Waals surface area contributed by atoms with Gasteiger partial charge >= 0.3 is 5.97 Å². The lowest BCUT2D eigenvalue weighted by molar-refractivity contribution is -0.131. The fraction of sp³-hybridized carbons (Fsp3) is 0.375. The standard InChI is InChI=1S/C16H18FNO3/c1-10(12-3-2-4-12)18-16(21)13-9-11(5-7-14(13)17)6-8-15(19)20/h5-10,12H,2-4H2,1H3,(H,18,21)(H,19,20)/b8-6+. The lowest BCUT2D eigenvalue weighted by atomic mass is 9.80. The molecule has 1 atom stereocenters. The number of amides is 1. The van der Waals surface area contributed by atoms with E-state index in [4.69, 9.17) is 5.11 Å². The van der Waals surface area contributed by atoms with Gasteiger partial charge in [-0.1, -0.05) is 12.5 Å². The molecule has 5 heteroatoms. The number of rotatable bonds is 5. The zero-order valence-electron chi connectivity index (χ0n) is 11.8. The Labute approximate surface area is 122 Å². The normalized spacial score (nSPS) is 16.5. The highest BCUT2D eigenvalue weighted by Gasteiger charge is 2.25. The van der Waals surface area contributed by atoms with Crippen LogP contribution in [0.4, 0.5) is 4.39 Å². The maximum atomic E-state index is 13.8. The van der Waals surface area contributed by atoms with Gasteiger partial charge in [0.2, 0.25) is 0 Å². The van der Waals surface area contributed by atoms with Crippen LogP contribution in [0.5, 0.6) is 0 Å². The van der Waals surface area contributed by atoms with Gasteiger partial charge in [-0.15, -0.1) is 0 Å². The maximum Gasteiger partial charge on any atom is 0.328 e. The van der Waals surface area contributed by atoms with Crippen LogP contribution in [-0.2, 0) is 4.79 Å². The zero-order valence-corrected chi connectivity index (χ0v) is 11.8. The predicted molar refractivity (Wildman–Crippen MR) is 77.3 cm³/mol. The van der Waals surface area contributed by atoms with Gasteiger partial charge in [-0.3, -0.25) is 4.79 Å². The molecule has 1 aromatic carbocycles. The van der Waals surface area contributed by atoms with Gasteiger partial charge in [0.1, 0.15) is 5.82 Å². The van der Waals surface area contributed by atoms with Crippen LogP contribution in [0.25, 0.3) is 6.08 Å². The first-order valence-electron chi connectivity index (χ1n) is 6.99. The minimum absolute atomic E-state index is 0.0175. The Bertz CT molecular complexity index is 579. The van der Waals surface area contributed by atoms with Crippen molar-refractivity contribution in [2.24, 2.45) is 5.92 Å². The lowest BCUT2D eigenvalue weighted by Gasteiger charge is -2.31. The van der Waals surface area contributed by atoms with Crippen LogP contribution in [0.15, 0.2) is 24.3 Å². The van der Waals surface area contributed by atoms with Crippen molar-refractivity contribution in [2.45, 2.75) is 32.2 Å². The molecule has 2 rings (SSSR count). The van der Waals surface area contributed by atoms with Gasteiger partial charge in [-0.2, -0.15) is 0 Å². The van der Waals surface area contributed by atoms with E-state index in [1.165, 1.54) is 30.7 Å². The van der Waals surface area contributed by atoms with E-state index in [2.05, 4.69) is 5.32 Å². The highest BCUT2D eigenvalue weighted by Crippen LogP contribution is 2.29. The quantitative estimate of drug-likeness (QED) is 0.820. The van der Waals surface area contributed by atoms with E-state index in [0.29, 0.717) is 11.5 Å². The minimum atomic E-state index is -1.09. The van der Waals surface area contributed by atoms with Crippen molar-refractivity contribution >= 4 is 18.0 Å². The van der Waals surface area contributed by atoms with E-state index >= 15 is 0 Å². The molecule has 1 saturated carbocycles. The Morgan fingerprint density at radius 1 is 1.43 bits per heavy atom. The third-order valence-corrected chi connectivity index (χ3v) is 3.87. The molecule has 1 aliphatic carbocycles.